The molecule has 146 valence electrons. The number of halogens is 2. The van der Waals surface area contributed by atoms with Gasteiger partial charge in [0.15, 0.2) is 0 Å². The molecule has 0 atom stereocenters. The number of carbonyl (C=O) groups excluding carboxylic acids is 1. The van der Waals surface area contributed by atoms with E-state index in [0.29, 0.717) is 12.1 Å². The van der Waals surface area contributed by atoms with Gasteiger partial charge in [0.25, 0.3) is 0 Å². The van der Waals surface area contributed by atoms with E-state index in [0.717, 1.165) is 22.6 Å². The number of para-hydroxylation sites is 1. The standard InChI is InChI=1S/C21H21F2N3O2/c1-14-20(15(2)26(25-14)17-6-4-3-5-7-17)24-19(27)13-10-16-8-11-18(12-9-16)28-21(22)23/h3-9,11-12,21H,10,13H2,1-2H3,(H,24,27). The lowest BCUT2D eigenvalue weighted by molar-refractivity contribution is -0.116. The highest BCUT2D eigenvalue weighted by Crippen LogP contribution is 2.23. The Bertz CT molecular complexity index is 938. The van der Waals surface area contributed by atoms with Gasteiger partial charge in [-0.05, 0) is 50.1 Å². The number of hydrogen-bond donors (Lipinski definition) is 1. The van der Waals surface area contributed by atoms with Crippen LogP contribution in [0.2, 0.25) is 0 Å². The second kappa shape index (κ2) is 8.65. The smallest absolute Gasteiger partial charge is 0.387 e. The predicted octanol–water partition coefficient (Wildman–Crippen LogP) is 4.66. The third kappa shape index (κ3) is 4.73. The summed E-state index contributed by atoms with van der Waals surface area (Å²) < 4.78 is 30.5. The van der Waals surface area contributed by atoms with Crippen LogP contribution in [-0.2, 0) is 11.2 Å². The van der Waals surface area contributed by atoms with Crippen LogP contribution in [0, 0.1) is 13.8 Å². The molecule has 3 aromatic rings. The van der Waals surface area contributed by atoms with E-state index in [9.17, 15) is 13.6 Å². The van der Waals surface area contributed by atoms with Gasteiger partial charge in [-0.15, -0.1) is 0 Å². The van der Waals surface area contributed by atoms with Gasteiger partial charge in [0, 0.05) is 6.42 Å². The quantitative estimate of drug-likeness (QED) is 0.643. The molecule has 28 heavy (non-hydrogen) atoms. The predicted molar refractivity (Wildman–Crippen MR) is 103 cm³/mol. The molecule has 0 aliphatic heterocycles. The fraction of sp³-hybridized carbons (Fsp3) is 0.238. The Morgan fingerprint density at radius 3 is 2.43 bits per heavy atom. The summed E-state index contributed by atoms with van der Waals surface area (Å²) in [5.74, 6) is -0.0329. The minimum Gasteiger partial charge on any atom is -0.435 e. The van der Waals surface area contributed by atoms with E-state index in [1.165, 1.54) is 12.1 Å². The molecule has 1 aromatic heterocycles. The molecule has 5 nitrogen and oxygen atoms in total. The Labute approximate surface area is 161 Å². The highest BCUT2D eigenvalue weighted by molar-refractivity contribution is 5.92. The van der Waals surface area contributed by atoms with Crippen molar-refractivity contribution in [2.45, 2.75) is 33.3 Å². The molecule has 1 amide bonds. The van der Waals surface area contributed by atoms with Gasteiger partial charge in [-0.1, -0.05) is 30.3 Å². The van der Waals surface area contributed by atoms with Gasteiger partial charge >= 0.3 is 6.61 Å². The number of hydrogen-bond acceptors (Lipinski definition) is 3. The highest BCUT2D eigenvalue weighted by atomic mass is 19.3. The number of amides is 1. The summed E-state index contributed by atoms with van der Waals surface area (Å²) in [6.45, 7) is 0.911. The van der Waals surface area contributed by atoms with Gasteiger partial charge in [0.2, 0.25) is 5.91 Å². The SMILES string of the molecule is Cc1nn(-c2ccccc2)c(C)c1NC(=O)CCc1ccc(OC(F)F)cc1. The van der Waals surface area contributed by atoms with Gasteiger partial charge in [0.1, 0.15) is 5.75 Å². The maximum absolute atomic E-state index is 12.4. The minimum absolute atomic E-state index is 0.0998. The zero-order valence-corrected chi connectivity index (χ0v) is 15.7. The molecule has 1 N–H and O–H groups in total. The van der Waals surface area contributed by atoms with Crippen LogP contribution >= 0.6 is 0 Å². The molecule has 0 aliphatic carbocycles. The molecule has 3 rings (SSSR count). The number of rotatable bonds is 7. The van der Waals surface area contributed by atoms with Crippen molar-refractivity contribution in [1.82, 2.24) is 9.78 Å². The molecule has 0 saturated heterocycles. The summed E-state index contributed by atoms with van der Waals surface area (Å²) in [7, 11) is 0. The maximum Gasteiger partial charge on any atom is 0.387 e. The number of alkyl halides is 2. The molecule has 0 spiro atoms. The van der Waals surface area contributed by atoms with Gasteiger partial charge in [-0.2, -0.15) is 13.9 Å². The van der Waals surface area contributed by atoms with Crippen LogP contribution in [0.25, 0.3) is 5.69 Å². The number of benzene rings is 2. The number of nitrogens with zero attached hydrogens (tertiary/aromatic N) is 2. The molecular weight excluding hydrogens is 364 g/mol. The van der Waals surface area contributed by atoms with Crippen molar-refractivity contribution >= 4 is 11.6 Å². The number of aromatic nitrogens is 2. The first kappa shape index (κ1) is 19.5. The number of nitrogens with one attached hydrogen (secondary N) is 1. The summed E-state index contributed by atoms with van der Waals surface area (Å²) >= 11 is 0. The van der Waals surface area contributed by atoms with Gasteiger partial charge < -0.3 is 10.1 Å². The lowest BCUT2D eigenvalue weighted by Crippen LogP contribution is -2.13. The first-order chi connectivity index (χ1) is 13.4. The van der Waals surface area contributed by atoms with Crippen molar-refractivity contribution in [2.24, 2.45) is 0 Å². The van der Waals surface area contributed by atoms with E-state index in [1.807, 2.05) is 44.2 Å². The summed E-state index contributed by atoms with van der Waals surface area (Å²) in [6, 6.07) is 16.0. The van der Waals surface area contributed by atoms with E-state index < -0.39 is 6.61 Å². The average Bonchev–Trinajstić information content (AvgIpc) is 2.96. The zero-order valence-electron chi connectivity index (χ0n) is 15.7. The molecule has 0 unspecified atom stereocenters. The second-order valence-corrected chi connectivity index (χ2v) is 6.36. The molecule has 0 saturated carbocycles. The molecule has 2 aromatic carbocycles. The number of anilines is 1. The van der Waals surface area contributed by atoms with Crippen LogP contribution in [0.15, 0.2) is 54.6 Å². The van der Waals surface area contributed by atoms with Crippen LogP contribution in [0.5, 0.6) is 5.75 Å². The largest absolute Gasteiger partial charge is 0.435 e. The molecule has 0 aliphatic rings. The molecule has 1 heterocycles. The zero-order chi connectivity index (χ0) is 20.1. The van der Waals surface area contributed by atoms with E-state index in [1.54, 1.807) is 16.8 Å². The Morgan fingerprint density at radius 2 is 1.79 bits per heavy atom. The van der Waals surface area contributed by atoms with E-state index >= 15 is 0 Å². The van der Waals surface area contributed by atoms with Crippen molar-refractivity contribution in [3.8, 4) is 11.4 Å². The first-order valence-electron chi connectivity index (χ1n) is 8.89. The molecular formula is C21H21F2N3O2. The highest BCUT2D eigenvalue weighted by Gasteiger charge is 2.15. The van der Waals surface area contributed by atoms with E-state index in [2.05, 4.69) is 15.2 Å². The van der Waals surface area contributed by atoms with Crippen LogP contribution < -0.4 is 10.1 Å². The minimum atomic E-state index is -2.85. The lowest BCUT2D eigenvalue weighted by atomic mass is 10.1. The number of aryl methyl sites for hydroxylation is 2. The Balaban J connectivity index is 1.62. The van der Waals surface area contributed by atoms with Crippen molar-refractivity contribution in [3.63, 3.8) is 0 Å². The molecule has 0 fully saturated rings. The molecule has 0 radical (unpaired) electrons. The Hall–Kier alpha value is -3.22. The van der Waals surface area contributed by atoms with Crippen molar-refractivity contribution in [1.29, 1.82) is 0 Å². The van der Waals surface area contributed by atoms with Crippen LogP contribution in [-0.4, -0.2) is 22.3 Å². The summed E-state index contributed by atoms with van der Waals surface area (Å²) in [4.78, 5) is 12.4. The fourth-order valence-electron chi connectivity index (χ4n) is 2.94. The van der Waals surface area contributed by atoms with Gasteiger partial charge in [-0.3, -0.25) is 4.79 Å². The third-order valence-electron chi connectivity index (χ3n) is 4.35. The lowest BCUT2D eigenvalue weighted by Gasteiger charge is -2.08. The van der Waals surface area contributed by atoms with E-state index in [-0.39, 0.29) is 18.1 Å². The fourth-order valence-corrected chi connectivity index (χ4v) is 2.94. The summed E-state index contributed by atoms with van der Waals surface area (Å²) in [5.41, 5.74) is 4.09. The maximum atomic E-state index is 12.4. The first-order valence-corrected chi connectivity index (χ1v) is 8.89. The van der Waals surface area contributed by atoms with E-state index in [4.69, 9.17) is 0 Å². The second-order valence-electron chi connectivity index (χ2n) is 6.36. The van der Waals surface area contributed by atoms with Crippen molar-refractivity contribution in [2.75, 3.05) is 5.32 Å². The Kier molecular flexibility index (Phi) is 6.03. The normalized spacial score (nSPS) is 10.9. The van der Waals surface area contributed by atoms with Gasteiger partial charge in [-0.25, -0.2) is 4.68 Å². The average molecular weight is 385 g/mol. The van der Waals surface area contributed by atoms with Crippen LogP contribution in [0.1, 0.15) is 23.4 Å². The Morgan fingerprint density at radius 1 is 1.11 bits per heavy atom. The monoisotopic (exact) mass is 385 g/mol. The number of ether oxygens (including phenoxy) is 1. The van der Waals surface area contributed by atoms with Crippen molar-refractivity contribution < 1.29 is 18.3 Å². The molecule has 7 heteroatoms. The topological polar surface area (TPSA) is 56.2 Å². The van der Waals surface area contributed by atoms with Crippen LogP contribution in [0.3, 0.4) is 0 Å². The van der Waals surface area contributed by atoms with Gasteiger partial charge in [0.05, 0.1) is 22.8 Å². The third-order valence-corrected chi connectivity index (χ3v) is 4.35. The van der Waals surface area contributed by atoms with Crippen molar-refractivity contribution in [3.05, 3.63) is 71.5 Å². The number of carbonyl (C=O) groups is 1. The summed E-state index contributed by atoms with van der Waals surface area (Å²) in [5, 5.41) is 7.44. The summed E-state index contributed by atoms with van der Waals surface area (Å²) in [6.07, 6.45) is 0.760. The molecule has 0 bridgehead atoms. The van der Waals surface area contributed by atoms with Crippen LogP contribution in [0.4, 0.5) is 14.5 Å².